The second-order valence-electron chi connectivity index (χ2n) is 3.36. The Kier molecular flexibility index (Phi) is 5.14. The average Bonchev–Trinajstić information content (AvgIpc) is 2.24. The second-order valence-corrected chi connectivity index (χ2v) is 3.80. The molecule has 0 spiro atoms. The maximum absolute atomic E-state index is 5.58. The van der Waals surface area contributed by atoms with Crippen LogP contribution in [-0.4, -0.2) is 30.3 Å². The normalized spacial score (nSPS) is 10.1. The van der Waals surface area contributed by atoms with E-state index in [2.05, 4.69) is 4.98 Å². The highest BCUT2D eigenvalue weighted by Crippen LogP contribution is 2.16. The van der Waals surface area contributed by atoms with E-state index in [1.165, 1.54) is 0 Å². The molecule has 0 bridgehead atoms. The fourth-order valence-electron chi connectivity index (χ4n) is 1.20. The van der Waals surface area contributed by atoms with Gasteiger partial charge >= 0.3 is 0 Å². The van der Waals surface area contributed by atoms with E-state index in [0.29, 0.717) is 29.6 Å². The van der Waals surface area contributed by atoms with Crippen LogP contribution in [0.2, 0.25) is 0 Å². The van der Waals surface area contributed by atoms with Crippen LogP contribution in [0.15, 0.2) is 12.1 Å². The van der Waals surface area contributed by atoms with E-state index in [9.17, 15) is 0 Å². The largest absolute Gasteiger partial charge is 0.477 e. The Balaban J connectivity index is 2.68. The third kappa shape index (κ3) is 3.75. The summed E-state index contributed by atoms with van der Waals surface area (Å²) in [6.45, 7) is 3.10. The molecule has 4 nitrogen and oxygen atoms in total. The van der Waals surface area contributed by atoms with Crippen LogP contribution in [0, 0.1) is 6.92 Å². The zero-order valence-corrected chi connectivity index (χ0v) is 10.3. The van der Waals surface area contributed by atoms with Crippen molar-refractivity contribution in [3.05, 3.63) is 23.4 Å². The smallest absolute Gasteiger partial charge is 0.223 e. The number of methoxy groups -OCH3 is 1. The van der Waals surface area contributed by atoms with Crippen molar-refractivity contribution in [2.24, 2.45) is 5.73 Å². The molecule has 1 aromatic rings. The minimum absolute atomic E-state index is 0.300. The van der Waals surface area contributed by atoms with Gasteiger partial charge in [0.1, 0.15) is 4.99 Å². The standard InChI is InChI=1S/C11H16N2O2S/c1-8-4-5-9(10(12)16)11(13-8)15-7-3-6-14-2/h4-5H,3,6-7H2,1-2H3,(H2,12,16). The summed E-state index contributed by atoms with van der Waals surface area (Å²) in [5.41, 5.74) is 7.14. The van der Waals surface area contributed by atoms with Gasteiger partial charge in [0.05, 0.1) is 12.2 Å². The summed E-state index contributed by atoms with van der Waals surface area (Å²) in [6.07, 6.45) is 0.808. The molecule has 0 saturated carbocycles. The SMILES string of the molecule is COCCCOc1nc(C)ccc1C(N)=S. The van der Waals surface area contributed by atoms with Gasteiger partial charge in [-0.15, -0.1) is 0 Å². The van der Waals surface area contributed by atoms with Gasteiger partial charge < -0.3 is 15.2 Å². The maximum Gasteiger partial charge on any atom is 0.223 e. The van der Waals surface area contributed by atoms with Crippen LogP contribution in [0.1, 0.15) is 17.7 Å². The number of rotatable bonds is 6. The Morgan fingerprint density at radius 3 is 2.81 bits per heavy atom. The number of nitrogens with zero attached hydrogens (tertiary/aromatic N) is 1. The average molecular weight is 240 g/mol. The molecule has 0 aromatic carbocycles. The molecule has 88 valence electrons. The summed E-state index contributed by atoms with van der Waals surface area (Å²) in [6, 6.07) is 3.69. The molecule has 0 atom stereocenters. The fraction of sp³-hybridized carbons (Fsp3) is 0.455. The van der Waals surface area contributed by atoms with Crippen LogP contribution in [0.5, 0.6) is 5.88 Å². The highest BCUT2D eigenvalue weighted by Gasteiger charge is 2.08. The predicted octanol–water partition coefficient (Wildman–Crippen LogP) is 1.44. The Morgan fingerprint density at radius 2 is 2.19 bits per heavy atom. The summed E-state index contributed by atoms with van der Waals surface area (Å²) < 4.78 is 10.5. The predicted molar refractivity (Wildman–Crippen MR) is 66.8 cm³/mol. The van der Waals surface area contributed by atoms with Crippen LogP contribution in [0.3, 0.4) is 0 Å². The lowest BCUT2D eigenvalue weighted by Gasteiger charge is -2.09. The number of aromatic nitrogens is 1. The molecule has 0 radical (unpaired) electrons. The Bertz CT molecular complexity index is 369. The molecule has 1 aromatic heterocycles. The molecule has 0 aliphatic heterocycles. The van der Waals surface area contributed by atoms with Crippen molar-refractivity contribution in [2.75, 3.05) is 20.3 Å². The van der Waals surface area contributed by atoms with Crippen LogP contribution in [0.25, 0.3) is 0 Å². The Hall–Kier alpha value is -1.20. The number of hydrogen-bond donors (Lipinski definition) is 1. The van der Waals surface area contributed by atoms with Crippen molar-refractivity contribution >= 4 is 17.2 Å². The first-order valence-electron chi connectivity index (χ1n) is 5.04. The summed E-state index contributed by atoms with van der Waals surface area (Å²) >= 11 is 4.93. The lowest BCUT2D eigenvalue weighted by molar-refractivity contribution is 0.170. The highest BCUT2D eigenvalue weighted by molar-refractivity contribution is 7.80. The zero-order chi connectivity index (χ0) is 12.0. The molecule has 0 saturated heterocycles. The van der Waals surface area contributed by atoms with E-state index in [1.54, 1.807) is 7.11 Å². The van der Waals surface area contributed by atoms with Gasteiger partial charge in [-0.25, -0.2) is 4.98 Å². The number of pyridine rings is 1. The van der Waals surface area contributed by atoms with E-state index in [1.807, 2.05) is 19.1 Å². The zero-order valence-electron chi connectivity index (χ0n) is 9.53. The van der Waals surface area contributed by atoms with Crippen molar-refractivity contribution in [1.82, 2.24) is 4.98 Å². The molecule has 0 aliphatic rings. The van der Waals surface area contributed by atoms with Crippen molar-refractivity contribution in [3.8, 4) is 5.88 Å². The molecular formula is C11H16N2O2S. The van der Waals surface area contributed by atoms with E-state index in [0.717, 1.165) is 12.1 Å². The Labute approximate surface area is 101 Å². The second kappa shape index (κ2) is 6.40. The van der Waals surface area contributed by atoms with E-state index >= 15 is 0 Å². The Morgan fingerprint density at radius 1 is 1.44 bits per heavy atom. The van der Waals surface area contributed by atoms with Gasteiger partial charge in [0.2, 0.25) is 5.88 Å². The number of thiocarbonyl (C=S) groups is 1. The third-order valence-corrected chi connectivity index (χ3v) is 2.22. The summed E-state index contributed by atoms with van der Waals surface area (Å²) in [4.78, 5) is 4.56. The molecular weight excluding hydrogens is 224 g/mol. The minimum Gasteiger partial charge on any atom is -0.477 e. The van der Waals surface area contributed by atoms with Gasteiger partial charge in [-0.05, 0) is 19.1 Å². The highest BCUT2D eigenvalue weighted by atomic mass is 32.1. The van der Waals surface area contributed by atoms with E-state index in [-0.39, 0.29) is 0 Å². The van der Waals surface area contributed by atoms with Crippen LogP contribution < -0.4 is 10.5 Å². The molecule has 0 aliphatic carbocycles. The van der Waals surface area contributed by atoms with Gasteiger partial charge in [0.25, 0.3) is 0 Å². The molecule has 0 amide bonds. The maximum atomic E-state index is 5.58. The van der Waals surface area contributed by atoms with Crippen LogP contribution in [-0.2, 0) is 4.74 Å². The van der Waals surface area contributed by atoms with Crippen molar-refractivity contribution in [2.45, 2.75) is 13.3 Å². The lowest BCUT2D eigenvalue weighted by Crippen LogP contribution is -2.14. The minimum atomic E-state index is 0.300. The third-order valence-electron chi connectivity index (χ3n) is 2.00. The van der Waals surface area contributed by atoms with Gasteiger partial charge in [-0.1, -0.05) is 12.2 Å². The topological polar surface area (TPSA) is 57.4 Å². The lowest BCUT2D eigenvalue weighted by atomic mass is 10.2. The molecule has 5 heteroatoms. The van der Waals surface area contributed by atoms with Crippen molar-refractivity contribution < 1.29 is 9.47 Å². The van der Waals surface area contributed by atoms with Gasteiger partial charge in [-0.3, -0.25) is 0 Å². The van der Waals surface area contributed by atoms with Gasteiger partial charge in [-0.2, -0.15) is 0 Å². The molecule has 0 unspecified atom stereocenters. The first kappa shape index (κ1) is 12.9. The molecule has 1 heterocycles. The van der Waals surface area contributed by atoms with Crippen LogP contribution in [0.4, 0.5) is 0 Å². The number of ether oxygens (including phenoxy) is 2. The van der Waals surface area contributed by atoms with Crippen molar-refractivity contribution in [1.29, 1.82) is 0 Å². The number of aryl methyl sites for hydroxylation is 1. The first-order valence-corrected chi connectivity index (χ1v) is 5.45. The van der Waals surface area contributed by atoms with E-state index in [4.69, 9.17) is 27.4 Å². The van der Waals surface area contributed by atoms with Gasteiger partial charge in [0, 0.05) is 25.8 Å². The summed E-state index contributed by atoms with van der Waals surface area (Å²) in [5, 5.41) is 0. The fourth-order valence-corrected chi connectivity index (χ4v) is 1.36. The van der Waals surface area contributed by atoms with Crippen molar-refractivity contribution in [3.63, 3.8) is 0 Å². The molecule has 0 fully saturated rings. The summed E-state index contributed by atoms with van der Waals surface area (Å²) in [7, 11) is 1.66. The quantitative estimate of drug-likeness (QED) is 0.602. The number of nitrogens with two attached hydrogens (primary N) is 1. The first-order chi connectivity index (χ1) is 7.65. The molecule has 16 heavy (non-hydrogen) atoms. The molecule has 2 N–H and O–H groups in total. The van der Waals surface area contributed by atoms with Crippen LogP contribution >= 0.6 is 12.2 Å². The molecule has 1 rings (SSSR count). The monoisotopic (exact) mass is 240 g/mol. The summed E-state index contributed by atoms with van der Waals surface area (Å²) in [5.74, 6) is 0.503. The number of hydrogen-bond acceptors (Lipinski definition) is 4. The van der Waals surface area contributed by atoms with Gasteiger partial charge in [0.15, 0.2) is 0 Å². The van der Waals surface area contributed by atoms with E-state index < -0.39 is 0 Å².